The van der Waals surface area contributed by atoms with Gasteiger partial charge in [0.05, 0.1) is 29.8 Å². The summed E-state index contributed by atoms with van der Waals surface area (Å²) in [5.41, 5.74) is 10.3. The van der Waals surface area contributed by atoms with E-state index in [1.807, 2.05) is 31.2 Å². The Balaban J connectivity index is 0.000000253. The SMILES string of the molecule is CCN(CC)Cc1cc(C(=O)OCC(CCl)OC(C)=O)cc(Br)c1N.COc1ccc2c(c1)cc(C)n2C(=O)c1ccc(Cl)cc1. The zero-order chi connectivity index (χ0) is 34.0. The molecule has 1 unspecified atom stereocenters. The number of alkyl halides is 1. The molecule has 0 saturated heterocycles. The quantitative estimate of drug-likeness (QED) is 0.0958. The van der Waals surface area contributed by atoms with E-state index in [-0.39, 0.29) is 18.4 Å². The number of carbonyl (C=O) groups is 3. The fraction of sp³-hybridized carbons (Fsp3) is 0.324. The van der Waals surface area contributed by atoms with Gasteiger partial charge in [0.25, 0.3) is 5.91 Å². The first-order chi connectivity index (χ1) is 21.9. The van der Waals surface area contributed by atoms with Crippen molar-refractivity contribution in [1.29, 1.82) is 0 Å². The van der Waals surface area contributed by atoms with Gasteiger partial charge in [-0.2, -0.15) is 0 Å². The normalized spacial score (nSPS) is 11.5. The number of carbonyl (C=O) groups excluding carboxylic acids is 3. The number of ether oxygens (including phenoxy) is 3. The summed E-state index contributed by atoms with van der Waals surface area (Å²) in [6.45, 7) is 9.61. The van der Waals surface area contributed by atoms with Crippen molar-refractivity contribution in [3.05, 3.63) is 92.5 Å². The van der Waals surface area contributed by atoms with Crippen molar-refractivity contribution in [2.45, 2.75) is 40.3 Å². The molecule has 4 aromatic rings. The number of hydrogen-bond acceptors (Lipinski definition) is 8. The molecular weight excluding hydrogens is 697 g/mol. The first kappa shape index (κ1) is 36.9. The number of hydrogen-bond donors (Lipinski definition) is 1. The summed E-state index contributed by atoms with van der Waals surface area (Å²) >= 11 is 15.0. The van der Waals surface area contributed by atoms with Crippen LogP contribution in [0.3, 0.4) is 0 Å². The van der Waals surface area contributed by atoms with E-state index in [0.717, 1.165) is 41.0 Å². The van der Waals surface area contributed by atoms with Gasteiger partial charge in [-0.3, -0.25) is 19.1 Å². The van der Waals surface area contributed by atoms with Crippen LogP contribution in [0.25, 0.3) is 10.9 Å². The maximum atomic E-state index is 12.7. The molecule has 1 aromatic heterocycles. The van der Waals surface area contributed by atoms with Crippen molar-refractivity contribution in [3.63, 3.8) is 0 Å². The first-order valence-electron chi connectivity index (χ1n) is 14.6. The number of methoxy groups -OCH3 is 1. The number of aryl methyl sites for hydroxylation is 1. The summed E-state index contributed by atoms with van der Waals surface area (Å²) in [5, 5.41) is 1.60. The lowest BCUT2D eigenvalue weighted by Crippen LogP contribution is -2.26. The van der Waals surface area contributed by atoms with Crippen LogP contribution in [0, 0.1) is 6.92 Å². The van der Waals surface area contributed by atoms with Gasteiger partial charge < -0.3 is 19.9 Å². The third-order valence-corrected chi connectivity index (χ3v) is 8.38. The Labute approximate surface area is 287 Å². The molecule has 0 amide bonds. The van der Waals surface area contributed by atoms with Gasteiger partial charge in [0.1, 0.15) is 18.5 Å². The molecule has 4 rings (SSSR count). The van der Waals surface area contributed by atoms with Crippen LogP contribution in [0.15, 0.2) is 65.1 Å². The molecule has 0 bridgehead atoms. The largest absolute Gasteiger partial charge is 0.497 e. The third-order valence-electron chi connectivity index (χ3n) is 7.13. The third kappa shape index (κ3) is 9.72. The Kier molecular flexibility index (Phi) is 13.9. The van der Waals surface area contributed by atoms with E-state index in [1.165, 1.54) is 6.92 Å². The van der Waals surface area contributed by atoms with E-state index in [4.69, 9.17) is 43.1 Å². The average molecular weight is 736 g/mol. The van der Waals surface area contributed by atoms with Crippen molar-refractivity contribution in [2.75, 3.05) is 38.4 Å². The molecular formula is C34H38BrCl2N3O6. The highest BCUT2D eigenvalue weighted by Gasteiger charge is 2.18. The van der Waals surface area contributed by atoms with E-state index < -0.39 is 18.0 Å². The summed E-state index contributed by atoms with van der Waals surface area (Å²) in [7, 11) is 1.63. The summed E-state index contributed by atoms with van der Waals surface area (Å²) in [6, 6.07) is 17.9. The van der Waals surface area contributed by atoms with Crippen LogP contribution in [-0.4, -0.2) is 66.1 Å². The minimum Gasteiger partial charge on any atom is -0.497 e. The first-order valence-corrected chi connectivity index (χ1v) is 16.3. The maximum absolute atomic E-state index is 12.7. The minimum atomic E-state index is -0.671. The number of esters is 2. The number of halogens is 3. The Bertz CT molecular complexity index is 1670. The number of anilines is 1. The zero-order valence-corrected chi connectivity index (χ0v) is 29.5. The Morgan fingerprint density at radius 1 is 1.00 bits per heavy atom. The van der Waals surface area contributed by atoms with Gasteiger partial charge >= 0.3 is 11.9 Å². The molecule has 12 heteroatoms. The summed E-state index contributed by atoms with van der Waals surface area (Å²) < 4.78 is 17.7. The number of rotatable bonds is 11. The Hall–Kier alpha value is -3.57. The second-order valence-electron chi connectivity index (χ2n) is 10.3. The molecule has 3 aromatic carbocycles. The fourth-order valence-corrected chi connectivity index (χ4v) is 5.44. The number of benzene rings is 3. The van der Waals surface area contributed by atoms with Crippen molar-refractivity contribution in [3.8, 4) is 5.75 Å². The van der Waals surface area contributed by atoms with Crippen LogP contribution in [0.1, 0.15) is 52.7 Å². The molecule has 0 radical (unpaired) electrons. The van der Waals surface area contributed by atoms with Gasteiger partial charge in [0, 0.05) is 39.6 Å². The van der Waals surface area contributed by atoms with Crippen molar-refractivity contribution in [1.82, 2.24) is 9.47 Å². The van der Waals surface area contributed by atoms with Crippen molar-refractivity contribution >= 4 is 73.6 Å². The lowest BCUT2D eigenvalue weighted by atomic mass is 10.1. The number of aromatic nitrogens is 1. The number of nitrogens with zero attached hydrogens (tertiary/aromatic N) is 2. The predicted molar refractivity (Wildman–Crippen MR) is 186 cm³/mol. The highest BCUT2D eigenvalue weighted by Crippen LogP contribution is 2.28. The number of nitrogen functional groups attached to an aromatic ring is 1. The average Bonchev–Trinajstić information content (AvgIpc) is 3.38. The van der Waals surface area contributed by atoms with Gasteiger partial charge in [0.15, 0.2) is 0 Å². The van der Waals surface area contributed by atoms with Crippen LogP contribution in [0.2, 0.25) is 5.02 Å². The van der Waals surface area contributed by atoms with E-state index in [1.54, 1.807) is 48.1 Å². The molecule has 1 heterocycles. The second kappa shape index (κ2) is 17.4. The molecule has 0 aliphatic heterocycles. The summed E-state index contributed by atoms with van der Waals surface area (Å²) in [5.74, 6) is -0.240. The lowest BCUT2D eigenvalue weighted by molar-refractivity contribution is -0.147. The number of nitrogens with two attached hydrogens (primary N) is 1. The van der Waals surface area contributed by atoms with Crippen LogP contribution in [-0.2, 0) is 20.8 Å². The highest BCUT2D eigenvalue weighted by atomic mass is 79.9. The molecule has 0 fully saturated rings. The van der Waals surface area contributed by atoms with Gasteiger partial charge in [-0.05, 0) is 102 Å². The Morgan fingerprint density at radius 2 is 1.67 bits per heavy atom. The maximum Gasteiger partial charge on any atom is 0.338 e. The Morgan fingerprint density at radius 3 is 2.26 bits per heavy atom. The molecule has 0 spiro atoms. The van der Waals surface area contributed by atoms with Crippen LogP contribution in [0.5, 0.6) is 5.75 Å². The molecule has 2 N–H and O–H groups in total. The van der Waals surface area contributed by atoms with E-state index in [2.05, 4.69) is 34.7 Å². The standard InChI is InChI=1S/C17H24BrClN2O4.C17H14ClNO2/c1-4-21(5-2)9-13-6-12(7-15(18)16(13)20)17(23)24-10-14(8-19)25-11(3)22;1-11-9-13-10-15(21-2)7-8-16(13)19(11)17(20)12-3-5-14(18)6-4-12/h6-7,14H,4-5,8-10,20H2,1-3H3;3-10H,1-2H3. The van der Waals surface area contributed by atoms with Gasteiger partial charge in [-0.1, -0.05) is 25.4 Å². The molecule has 0 aliphatic carbocycles. The molecule has 0 saturated carbocycles. The molecule has 0 aliphatic rings. The molecule has 9 nitrogen and oxygen atoms in total. The fourth-order valence-electron chi connectivity index (χ4n) is 4.66. The van der Waals surface area contributed by atoms with Crippen molar-refractivity contribution in [2.24, 2.45) is 0 Å². The second-order valence-corrected chi connectivity index (χ2v) is 11.9. The lowest BCUT2D eigenvalue weighted by Gasteiger charge is -2.20. The van der Waals surface area contributed by atoms with Gasteiger partial charge in [0.2, 0.25) is 0 Å². The molecule has 1 atom stereocenters. The summed E-state index contributed by atoms with van der Waals surface area (Å²) in [4.78, 5) is 38.2. The van der Waals surface area contributed by atoms with Crippen molar-refractivity contribution < 1.29 is 28.6 Å². The van der Waals surface area contributed by atoms with E-state index >= 15 is 0 Å². The van der Waals surface area contributed by atoms with Crippen LogP contribution in [0.4, 0.5) is 5.69 Å². The zero-order valence-electron chi connectivity index (χ0n) is 26.4. The molecule has 246 valence electrons. The topological polar surface area (TPSA) is 113 Å². The number of fused-ring (bicyclic) bond motifs is 1. The van der Waals surface area contributed by atoms with Gasteiger partial charge in [-0.25, -0.2) is 4.79 Å². The predicted octanol–water partition coefficient (Wildman–Crippen LogP) is 7.50. The minimum absolute atomic E-state index is 0.0471. The van der Waals surface area contributed by atoms with Crippen LogP contribution < -0.4 is 10.5 Å². The van der Waals surface area contributed by atoms with Gasteiger partial charge in [-0.15, -0.1) is 11.6 Å². The van der Waals surface area contributed by atoms with Crippen LogP contribution >= 0.6 is 39.1 Å². The van der Waals surface area contributed by atoms with E-state index in [0.29, 0.717) is 32.9 Å². The monoisotopic (exact) mass is 733 g/mol. The highest BCUT2D eigenvalue weighted by molar-refractivity contribution is 9.10. The smallest absolute Gasteiger partial charge is 0.338 e. The molecule has 46 heavy (non-hydrogen) atoms. The summed E-state index contributed by atoms with van der Waals surface area (Å²) in [6.07, 6.45) is -0.671. The van der Waals surface area contributed by atoms with E-state index in [9.17, 15) is 14.4 Å².